The van der Waals surface area contributed by atoms with E-state index in [4.69, 9.17) is 11.6 Å². The third-order valence-corrected chi connectivity index (χ3v) is 3.65. The number of anilines is 1. The number of rotatable bonds is 3. The van der Waals surface area contributed by atoms with Crippen molar-refractivity contribution in [1.29, 1.82) is 0 Å². The zero-order valence-corrected chi connectivity index (χ0v) is 12.4. The van der Waals surface area contributed by atoms with Gasteiger partial charge in [0.15, 0.2) is 0 Å². The lowest BCUT2D eigenvalue weighted by Gasteiger charge is -2.19. The molecule has 0 spiro atoms. The van der Waals surface area contributed by atoms with Crippen LogP contribution in [0.1, 0.15) is 29.7 Å². The molecule has 2 rings (SSSR count). The number of aryl methyl sites for hydroxylation is 1. The molecular weight excluding hydrogens is 299 g/mol. The van der Waals surface area contributed by atoms with Crippen LogP contribution in [0, 0.1) is 6.92 Å². The quantitative estimate of drug-likeness (QED) is 0.750. The Morgan fingerprint density at radius 2 is 1.76 bits per heavy atom. The van der Waals surface area contributed by atoms with Crippen molar-refractivity contribution in [3.8, 4) is 0 Å². The summed E-state index contributed by atoms with van der Waals surface area (Å²) >= 11 is 5.99. The SMILES string of the molecule is Cc1ccccc1C(C)Nc1cc(C(F)(F)F)ccc1Cl. The average Bonchev–Trinajstić information content (AvgIpc) is 2.40. The third kappa shape index (κ3) is 3.70. The van der Waals surface area contributed by atoms with E-state index in [1.165, 1.54) is 6.07 Å². The van der Waals surface area contributed by atoms with Gasteiger partial charge in [-0.3, -0.25) is 0 Å². The molecule has 5 heteroatoms. The Kier molecular flexibility index (Phi) is 4.47. The Hall–Kier alpha value is -1.68. The number of hydrogen-bond acceptors (Lipinski definition) is 1. The molecule has 1 atom stereocenters. The van der Waals surface area contributed by atoms with E-state index in [2.05, 4.69) is 5.32 Å². The maximum Gasteiger partial charge on any atom is 0.416 e. The normalized spacial score (nSPS) is 13.0. The van der Waals surface area contributed by atoms with Crippen LogP contribution in [-0.4, -0.2) is 0 Å². The fraction of sp³-hybridized carbons (Fsp3) is 0.250. The molecule has 2 aromatic carbocycles. The molecule has 0 bridgehead atoms. The molecule has 0 amide bonds. The van der Waals surface area contributed by atoms with E-state index in [1.807, 2.05) is 38.1 Å². The van der Waals surface area contributed by atoms with E-state index in [1.54, 1.807) is 0 Å². The van der Waals surface area contributed by atoms with E-state index in [9.17, 15) is 13.2 Å². The number of hydrogen-bond donors (Lipinski definition) is 1. The summed E-state index contributed by atoms with van der Waals surface area (Å²) < 4.78 is 38.3. The first kappa shape index (κ1) is 15.7. The number of alkyl halides is 3. The van der Waals surface area contributed by atoms with Crippen LogP contribution in [0.4, 0.5) is 18.9 Å². The average molecular weight is 314 g/mol. The van der Waals surface area contributed by atoms with Crippen molar-refractivity contribution in [3.05, 3.63) is 64.2 Å². The monoisotopic (exact) mass is 313 g/mol. The van der Waals surface area contributed by atoms with Crippen molar-refractivity contribution in [3.63, 3.8) is 0 Å². The van der Waals surface area contributed by atoms with Crippen LogP contribution in [0.2, 0.25) is 5.02 Å². The van der Waals surface area contributed by atoms with Gasteiger partial charge in [-0.1, -0.05) is 35.9 Å². The van der Waals surface area contributed by atoms with Gasteiger partial charge in [0, 0.05) is 6.04 Å². The standard InChI is InChI=1S/C16H15ClF3N/c1-10-5-3-4-6-13(10)11(2)21-15-9-12(16(18,19)20)7-8-14(15)17/h3-9,11,21H,1-2H3. The number of halogens is 4. The minimum Gasteiger partial charge on any atom is -0.377 e. The number of nitrogens with one attached hydrogen (secondary N) is 1. The molecule has 0 saturated carbocycles. The Bertz CT molecular complexity index is 638. The highest BCUT2D eigenvalue weighted by Crippen LogP contribution is 2.35. The van der Waals surface area contributed by atoms with Gasteiger partial charge in [-0.25, -0.2) is 0 Å². The van der Waals surface area contributed by atoms with Gasteiger partial charge in [-0.15, -0.1) is 0 Å². The molecule has 0 aliphatic carbocycles. The lowest BCUT2D eigenvalue weighted by atomic mass is 10.0. The Morgan fingerprint density at radius 1 is 1.10 bits per heavy atom. The molecule has 0 aliphatic heterocycles. The zero-order valence-electron chi connectivity index (χ0n) is 11.6. The predicted molar refractivity (Wildman–Crippen MR) is 79.7 cm³/mol. The van der Waals surface area contributed by atoms with Crippen LogP contribution in [0.25, 0.3) is 0 Å². The molecule has 112 valence electrons. The summed E-state index contributed by atoms with van der Waals surface area (Å²) in [5.41, 5.74) is 1.65. The highest BCUT2D eigenvalue weighted by molar-refractivity contribution is 6.33. The summed E-state index contributed by atoms with van der Waals surface area (Å²) in [7, 11) is 0. The molecule has 0 aromatic heterocycles. The molecule has 1 nitrogen and oxygen atoms in total. The second-order valence-electron chi connectivity index (χ2n) is 4.91. The Morgan fingerprint density at radius 3 is 2.38 bits per heavy atom. The first-order valence-corrected chi connectivity index (χ1v) is 6.85. The lowest BCUT2D eigenvalue weighted by molar-refractivity contribution is -0.137. The number of benzene rings is 2. The molecule has 0 saturated heterocycles. The summed E-state index contributed by atoms with van der Waals surface area (Å²) in [6.07, 6.45) is -4.38. The van der Waals surface area contributed by atoms with Crippen LogP contribution >= 0.6 is 11.6 Å². The van der Waals surface area contributed by atoms with E-state index >= 15 is 0 Å². The lowest BCUT2D eigenvalue weighted by Crippen LogP contribution is -2.10. The Balaban J connectivity index is 2.29. The summed E-state index contributed by atoms with van der Waals surface area (Å²) in [4.78, 5) is 0. The van der Waals surface area contributed by atoms with Crippen molar-refractivity contribution < 1.29 is 13.2 Å². The molecule has 1 unspecified atom stereocenters. The fourth-order valence-corrected chi connectivity index (χ4v) is 2.37. The van der Waals surface area contributed by atoms with E-state index in [0.717, 1.165) is 23.3 Å². The van der Waals surface area contributed by atoms with Gasteiger partial charge >= 0.3 is 6.18 Å². The minimum atomic E-state index is -4.38. The highest BCUT2D eigenvalue weighted by Gasteiger charge is 2.31. The smallest absolute Gasteiger partial charge is 0.377 e. The van der Waals surface area contributed by atoms with Gasteiger partial charge in [0.05, 0.1) is 16.3 Å². The van der Waals surface area contributed by atoms with E-state index < -0.39 is 11.7 Å². The molecule has 0 fully saturated rings. The van der Waals surface area contributed by atoms with Gasteiger partial charge in [-0.2, -0.15) is 13.2 Å². The second-order valence-corrected chi connectivity index (χ2v) is 5.32. The first-order valence-electron chi connectivity index (χ1n) is 6.48. The van der Waals surface area contributed by atoms with E-state index in [0.29, 0.717) is 0 Å². The predicted octanol–water partition coefficient (Wildman–Crippen LogP) is 5.84. The van der Waals surface area contributed by atoms with Gasteiger partial charge in [0.25, 0.3) is 0 Å². The fourth-order valence-electron chi connectivity index (χ4n) is 2.20. The summed E-state index contributed by atoms with van der Waals surface area (Å²) in [6, 6.07) is 10.8. The van der Waals surface area contributed by atoms with Gasteiger partial charge in [0.2, 0.25) is 0 Å². The van der Waals surface area contributed by atoms with Gasteiger partial charge in [-0.05, 0) is 43.2 Å². The molecular formula is C16H15ClF3N. The Labute approximate surface area is 126 Å². The topological polar surface area (TPSA) is 12.0 Å². The molecule has 0 radical (unpaired) electrons. The van der Waals surface area contributed by atoms with Crippen LogP contribution in [0.3, 0.4) is 0 Å². The maximum atomic E-state index is 12.8. The highest BCUT2D eigenvalue weighted by atomic mass is 35.5. The van der Waals surface area contributed by atoms with E-state index in [-0.39, 0.29) is 16.8 Å². The van der Waals surface area contributed by atoms with Crippen molar-refractivity contribution in [2.24, 2.45) is 0 Å². The van der Waals surface area contributed by atoms with Crippen molar-refractivity contribution in [1.82, 2.24) is 0 Å². The van der Waals surface area contributed by atoms with Gasteiger partial charge in [0.1, 0.15) is 0 Å². The third-order valence-electron chi connectivity index (χ3n) is 3.32. The summed E-state index contributed by atoms with van der Waals surface area (Å²) in [6.45, 7) is 3.85. The van der Waals surface area contributed by atoms with Crippen LogP contribution in [-0.2, 0) is 6.18 Å². The first-order chi connectivity index (χ1) is 9.79. The molecule has 2 aromatic rings. The summed E-state index contributed by atoms with van der Waals surface area (Å²) in [5, 5.41) is 3.31. The van der Waals surface area contributed by atoms with Crippen LogP contribution in [0.15, 0.2) is 42.5 Å². The summed E-state index contributed by atoms with van der Waals surface area (Å²) in [5.74, 6) is 0. The van der Waals surface area contributed by atoms with Crippen molar-refractivity contribution in [2.45, 2.75) is 26.1 Å². The largest absolute Gasteiger partial charge is 0.416 e. The molecule has 0 heterocycles. The van der Waals surface area contributed by atoms with Gasteiger partial charge < -0.3 is 5.32 Å². The molecule has 21 heavy (non-hydrogen) atoms. The van der Waals surface area contributed by atoms with Crippen molar-refractivity contribution in [2.75, 3.05) is 5.32 Å². The zero-order chi connectivity index (χ0) is 15.6. The molecule has 0 aliphatic rings. The minimum absolute atomic E-state index is 0.146. The molecule has 1 N–H and O–H groups in total. The van der Waals surface area contributed by atoms with Crippen LogP contribution < -0.4 is 5.32 Å². The maximum absolute atomic E-state index is 12.8. The van der Waals surface area contributed by atoms with Crippen molar-refractivity contribution >= 4 is 17.3 Å². The van der Waals surface area contributed by atoms with Crippen LogP contribution in [0.5, 0.6) is 0 Å². The second kappa shape index (κ2) is 5.98.